The number of carbonyl (C=O) groups is 4. The van der Waals surface area contributed by atoms with Crippen LogP contribution in [0.25, 0.3) is 0 Å². The number of hydrogen-bond donors (Lipinski definition) is 1. The normalized spacial score (nSPS) is 13.8. The summed E-state index contributed by atoms with van der Waals surface area (Å²) < 4.78 is 5.65. The van der Waals surface area contributed by atoms with Crippen LogP contribution in [0.2, 0.25) is 0 Å². The van der Waals surface area contributed by atoms with E-state index in [9.17, 15) is 19.2 Å². The van der Waals surface area contributed by atoms with Crippen molar-refractivity contribution in [2.24, 2.45) is 0 Å². The van der Waals surface area contributed by atoms with Crippen LogP contribution >= 0.6 is 15.9 Å². The van der Waals surface area contributed by atoms with Crippen LogP contribution in [0, 0.1) is 0 Å². The number of methoxy groups -OCH3 is 1. The number of benzene rings is 2. The van der Waals surface area contributed by atoms with Gasteiger partial charge < -0.3 is 10.1 Å². The van der Waals surface area contributed by atoms with E-state index >= 15 is 0 Å². The minimum atomic E-state index is -1.01. The largest absolute Gasteiger partial charge is 0.467 e. The molecule has 0 radical (unpaired) electrons. The van der Waals surface area contributed by atoms with Crippen molar-refractivity contribution in [2.45, 2.75) is 25.8 Å². The fourth-order valence-electron chi connectivity index (χ4n) is 3.22. The fourth-order valence-corrected chi connectivity index (χ4v) is 3.48. The standard InChI is InChI=1S/C22H21BrN2O5/c1-3-4-11-25-20(27)16-10-7-14(12-17(16)21(25)28)19(26)24-18(22(29)30-2)13-5-8-15(23)9-6-13/h5-10,12,18H,3-4,11H2,1-2H3,(H,24,26). The lowest BCUT2D eigenvalue weighted by molar-refractivity contribution is -0.143. The van der Waals surface area contributed by atoms with Gasteiger partial charge in [0.25, 0.3) is 17.7 Å². The number of esters is 1. The second-order valence-corrected chi connectivity index (χ2v) is 7.77. The number of rotatable bonds is 7. The molecule has 1 aliphatic heterocycles. The molecule has 0 saturated heterocycles. The highest BCUT2D eigenvalue weighted by atomic mass is 79.9. The van der Waals surface area contributed by atoms with Gasteiger partial charge >= 0.3 is 5.97 Å². The van der Waals surface area contributed by atoms with E-state index in [0.717, 1.165) is 10.9 Å². The quantitative estimate of drug-likeness (QED) is 0.491. The van der Waals surface area contributed by atoms with Crippen molar-refractivity contribution in [3.8, 4) is 0 Å². The topological polar surface area (TPSA) is 92.8 Å². The monoisotopic (exact) mass is 472 g/mol. The molecular formula is C22H21BrN2O5. The average Bonchev–Trinajstić information content (AvgIpc) is 2.99. The molecule has 1 atom stereocenters. The molecule has 3 rings (SSSR count). The predicted octanol–water partition coefficient (Wildman–Crippen LogP) is 3.49. The molecule has 156 valence electrons. The van der Waals surface area contributed by atoms with Crippen molar-refractivity contribution >= 4 is 39.6 Å². The number of fused-ring (bicyclic) bond motifs is 1. The summed E-state index contributed by atoms with van der Waals surface area (Å²) in [6.45, 7) is 2.32. The number of carbonyl (C=O) groups excluding carboxylic acids is 4. The molecule has 1 N–H and O–H groups in total. The lowest BCUT2D eigenvalue weighted by Gasteiger charge is -2.17. The van der Waals surface area contributed by atoms with Crippen LogP contribution in [0.3, 0.4) is 0 Å². The fraction of sp³-hybridized carbons (Fsp3) is 0.273. The van der Waals surface area contributed by atoms with Crippen LogP contribution in [-0.2, 0) is 9.53 Å². The third-order valence-electron chi connectivity index (χ3n) is 4.88. The molecule has 2 aromatic rings. The molecule has 30 heavy (non-hydrogen) atoms. The maximum Gasteiger partial charge on any atom is 0.333 e. The smallest absolute Gasteiger partial charge is 0.333 e. The minimum absolute atomic E-state index is 0.179. The zero-order valence-corrected chi connectivity index (χ0v) is 18.2. The number of amides is 3. The van der Waals surface area contributed by atoms with Gasteiger partial charge in [-0.3, -0.25) is 19.3 Å². The second-order valence-electron chi connectivity index (χ2n) is 6.86. The number of ether oxygens (including phenoxy) is 1. The van der Waals surface area contributed by atoms with Gasteiger partial charge in [0.15, 0.2) is 6.04 Å². The van der Waals surface area contributed by atoms with Crippen LogP contribution in [0.5, 0.6) is 0 Å². The lowest BCUT2D eigenvalue weighted by atomic mass is 10.0. The van der Waals surface area contributed by atoms with E-state index in [0.29, 0.717) is 18.5 Å². The average molecular weight is 473 g/mol. The van der Waals surface area contributed by atoms with Crippen LogP contribution in [0.4, 0.5) is 0 Å². The predicted molar refractivity (Wildman–Crippen MR) is 113 cm³/mol. The summed E-state index contributed by atoms with van der Waals surface area (Å²) in [5.41, 5.74) is 1.21. The Hall–Kier alpha value is -3.00. The van der Waals surface area contributed by atoms with E-state index in [1.165, 1.54) is 30.2 Å². The molecule has 7 nitrogen and oxygen atoms in total. The Morgan fingerprint density at radius 3 is 2.37 bits per heavy atom. The molecule has 0 spiro atoms. The molecule has 0 aliphatic carbocycles. The second kappa shape index (κ2) is 9.21. The number of imide groups is 1. The highest BCUT2D eigenvalue weighted by molar-refractivity contribution is 9.10. The lowest BCUT2D eigenvalue weighted by Crippen LogP contribution is -2.34. The van der Waals surface area contributed by atoms with E-state index in [1.807, 2.05) is 6.92 Å². The van der Waals surface area contributed by atoms with E-state index < -0.39 is 23.8 Å². The van der Waals surface area contributed by atoms with Gasteiger partial charge in [0.1, 0.15) is 0 Å². The first-order valence-electron chi connectivity index (χ1n) is 9.51. The third-order valence-corrected chi connectivity index (χ3v) is 5.41. The Kier molecular flexibility index (Phi) is 6.66. The Labute approximate surface area is 182 Å². The minimum Gasteiger partial charge on any atom is -0.467 e. The van der Waals surface area contributed by atoms with Crippen LogP contribution in [-0.4, -0.2) is 42.2 Å². The molecular weight excluding hydrogens is 452 g/mol. The SMILES string of the molecule is CCCCN1C(=O)c2ccc(C(=O)NC(C(=O)OC)c3ccc(Br)cc3)cc2C1=O. The first kappa shape index (κ1) is 21.7. The maximum atomic E-state index is 12.8. The Bertz CT molecular complexity index is 1000. The summed E-state index contributed by atoms with van der Waals surface area (Å²) in [6, 6.07) is 10.2. The summed E-state index contributed by atoms with van der Waals surface area (Å²) in [7, 11) is 1.24. The zero-order valence-electron chi connectivity index (χ0n) is 16.6. The van der Waals surface area contributed by atoms with Crippen molar-refractivity contribution in [2.75, 3.05) is 13.7 Å². The summed E-state index contributed by atoms with van der Waals surface area (Å²) in [5.74, 6) is -1.93. The van der Waals surface area contributed by atoms with E-state index in [4.69, 9.17) is 4.74 Å². The summed E-state index contributed by atoms with van der Waals surface area (Å²) >= 11 is 3.33. The van der Waals surface area contributed by atoms with E-state index in [2.05, 4.69) is 21.2 Å². The van der Waals surface area contributed by atoms with Crippen LogP contribution in [0.15, 0.2) is 46.9 Å². The summed E-state index contributed by atoms with van der Waals surface area (Å²) in [5, 5.41) is 2.64. The maximum absolute atomic E-state index is 12.8. The van der Waals surface area contributed by atoms with Crippen molar-refractivity contribution in [3.05, 3.63) is 69.2 Å². The van der Waals surface area contributed by atoms with Gasteiger partial charge in [-0.05, 0) is 42.3 Å². The molecule has 0 fully saturated rings. The molecule has 0 saturated carbocycles. The first-order valence-corrected chi connectivity index (χ1v) is 10.3. The van der Waals surface area contributed by atoms with Gasteiger partial charge in [0.2, 0.25) is 0 Å². The van der Waals surface area contributed by atoms with Gasteiger partial charge in [0.05, 0.1) is 18.2 Å². The zero-order chi connectivity index (χ0) is 21.8. The molecule has 2 aromatic carbocycles. The Morgan fingerprint density at radius 1 is 1.07 bits per heavy atom. The third kappa shape index (κ3) is 4.28. The van der Waals surface area contributed by atoms with Gasteiger partial charge in [-0.25, -0.2) is 4.79 Å². The molecule has 3 amide bonds. The van der Waals surface area contributed by atoms with E-state index in [1.54, 1.807) is 24.3 Å². The van der Waals surface area contributed by atoms with Gasteiger partial charge in [-0.15, -0.1) is 0 Å². The van der Waals surface area contributed by atoms with Crippen molar-refractivity contribution < 1.29 is 23.9 Å². The van der Waals surface area contributed by atoms with Crippen molar-refractivity contribution in [3.63, 3.8) is 0 Å². The highest BCUT2D eigenvalue weighted by Crippen LogP contribution is 2.25. The highest BCUT2D eigenvalue weighted by Gasteiger charge is 2.35. The van der Waals surface area contributed by atoms with Crippen molar-refractivity contribution in [1.29, 1.82) is 0 Å². The Balaban J connectivity index is 1.84. The number of halogens is 1. The van der Waals surface area contributed by atoms with Gasteiger partial charge in [-0.1, -0.05) is 41.4 Å². The number of nitrogens with zero attached hydrogens (tertiary/aromatic N) is 1. The summed E-state index contributed by atoms with van der Waals surface area (Å²) in [4.78, 5) is 51.3. The molecule has 1 aliphatic rings. The molecule has 8 heteroatoms. The molecule has 1 heterocycles. The summed E-state index contributed by atoms with van der Waals surface area (Å²) in [6.07, 6.45) is 1.57. The number of hydrogen-bond acceptors (Lipinski definition) is 5. The molecule has 1 unspecified atom stereocenters. The molecule has 0 bridgehead atoms. The van der Waals surface area contributed by atoms with E-state index in [-0.39, 0.29) is 22.6 Å². The number of nitrogens with one attached hydrogen (secondary N) is 1. The van der Waals surface area contributed by atoms with Gasteiger partial charge in [0, 0.05) is 16.6 Å². The van der Waals surface area contributed by atoms with Crippen LogP contribution < -0.4 is 5.32 Å². The number of unbranched alkanes of at least 4 members (excludes halogenated alkanes) is 1. The van der Waals surface area contributed by atoms with Gasteiger partial charge in [-0.2, -0.15) is 0 Å². The Morgan fingerprint density at radius 2 is 1.73 bits per heavy atom. The van der Waals surface area contributed by atoms with Crippen LogP contribution in [0.1, 0.15) is 62.4 Å². The first-order chi connectivity index (χ1) is 14.4. The van der Waals surface area contributed by atoms with Crippen molar-refractivity contribution in [1.82, 2.24) is 10.2 Å². The molecule has 0 aromatic heterocycles.